The van der Waals surface area contributed by atoms with E-state index < -0.39 is 24.0 Å². The van der Waals surface area contributed by atoms with Crippen molar-refractivity contribution in [1.82, 2.24) is 0 Å². The van der Waals surface area contributed by atoms with Crippen LogP contribution in [-0.4, -0.2) is 48.9 Å². The molecule has 0 radical (unpaired) electrons. The second-order valence-electron chi connectivity index (χ2n) is 5.09. The van der Waals surface area contributed by atoms with Gasteiger partial charge in [-0.1, -0.05) is 13.5 Å². The second-order valence-corrected chi connectivity index (χ2v) is 5.09. The lowest BCUT2D eigenvalue weighted by Gasteiger charge is -2.25. The van der Waals surface area contributed by atoms with Crippen LogP contribution in [0.3, 0.4) is 0 Å². The van der Waals surface area contributed by atoms with Crippen LogP contribution in [0.15, 0.2) is 12.2 Å². The predicted octanol–water partition coefficient (Wildman–Crippen LogP) is 2.28. The van der Waals surface area contributed by atoms with Gasteiger partial charge >= 0.3 is 12.1 Å². The summed E-state index contributed by atoms with van der Waals surface area (Å²) in [5.41, 5.74) is -0.285. The molecule has 0 saturated heterocycles. The lowest BCUT2D eigenvalue weighted by Crippen LogP contribution is -2.32. The number of hydrogen-bond donors (Lipinski definition) is 1. The Morgan fingerprint density at radius 3 is 2.36 bits per heavy atom. The summed E-state index contributed by atoms with van der Waals surface area (Å²) in [6.07, 6.45) is -1.85. The Hall–Kier alpha value is -1.64. The molecule has 1 atom stereocenters. The van der Waals surface area contributed by atoms with E-state index in [1.807, 2.05) is 6.92 Å². The first-order chi connectivity index (χ1) is 10.2. The maximum Gasteiger partial charge on any atom is 0.505 e. The molecule has 0 aliphatic carbocycles. The van der Waals surface area contributed by atoms with E-state index in [1.54, 1.807) is 13.8 Å². The maximum absolute atomic E-state index is 11.2. The third-order valence-corrected chi connectivity index (χ3v) is 2.54. The molecule has 8 heteroatoms. The Morgan fingerprint density at radius 1 is 1.23 bits per heavy atom. The van der Waals surface area contributed by atoms with Crippen LogP contribution in [0.1, 0.15) is 34.1 Å². The van der Waals surface area contributed by atoms with Crippen molar-refractivity contribution in [3.05, 3.63) is 12.2 Å². The zero-order valence-electron chi connectivity index (χ0n) is 13.4. The summed E-state index contributed by atoms with van der Waals surface area (Å²) in [5, 5.41) is 8.49. The number of carbonyl (C=O) groups excluding carboxylic acids is 1. The molecule has 0 aromatic carbocycles. The van der Waals surface area contributed by atoms with E-state index >= 15 is 0 Å². The zero-order chi connectivity index (χ0) is 17.2. The molecule has 0 aromatic heterocycles. The smallest absolute Gasteiger partial charge is 0.460 e. The molecule has 0 saturated carbocycles. The monoisotopic (exact) mass is 320 g/mol. The van der Waals surface area contributed by atoms with E-state index in [1.165, 1.54) is 6.92 Å². The maximum atomic E-state index is 11.2. The van der Waals surface area contributed by atoms with Crippen LogP contribution in [-0.2, 0) is 28.8 Å². The summed E-state index contributed by atoms with van der Waals surface area (Å²) in [5.74, 6) is -0.536. The van der Waals surface area contributed by atoms with Gasteiger partial charge in [0.05, 0.1) is 12.2 Å². The molecular formula is C14H24O8. The first-order valence-corrected chi connectivity index (χ1v) is 6.82. The third kappa shape index (κ3) is 10.1. The number of hydrogen-bond acceptors (Lipinski definition) is 7. The van der Waals surface area contributed by atoms with Crippen LogP contribution in [0.5, 0.6) is 0 Å². The highest BCUT2D eigenvalue weighted by Gasteiger charge is 2.22. The van der Waals surface area contributed by atoms with Crippen molar-refractivity contribution >= 4 is 12.1 Å². The Balaban J connectivity index is 4.20. The number of rotatable bonds is 11. The molecule has 1 N–H and O–H groups in total. The van der Waals surface area contributed by atoms with Gasteiger partial charge in [0.15, 0.2) is 0 Å². The third-order valence-electron chi connectivity index (χ3n) is 2.54. The quantitative estimate of drug-likeness (QED) is 0.154. The summed E-state index contributed by atoms with van der Waals surface area (Å²) < 4.78 is 14.4. The molecule has 0 amide bonds. The highest BCUT2D eigenvalue weighted by molar-refractivity contribution is 5.86. The SMILES string of the molecule is C=C(C)C(=O)OCCOC(COC(=O)O)OOC(C)(C)CC. The number of carboxylic acid groups (broad SMARTS) is 1. The van der Waals surface area contributed by atoms with Gasteiger partial charge in [-0.25, -0.2) is 19.4 Å². The molecular weight excluding hydrogens is 296 g/mol. The summed E-state index contributed by atoms with van der Waals surface area (Å²) in [6, 6.07) is 0. The van der Waals surface area contributed by atoms with E-state index in [0.29, 0.717) is 6.42 Å². The van der Waals surface area contributed by atoms with Crippen LogP contribution in [0.2, 0.25) is 0 Å². The van der Waals surface area contributed by atoms with Gasteiger partial charge < -0.3 is 19.3 Å². The van der Waals surface area contributed by atoms with Crippen LogP contribution in [0, 0.1) is 0 Å². The molecule has 1 unspecified atom stereocenters. The van der Waals surface area contributed by atoms with Gasteiger partial charge in [-0.15, -0.1) is 0 Å². The number of esters is 1. The molecule has 0 bridgehead atoms. The number of ether oxygens (including phenoxy) is 3. The summed E-state index contributed by atoms with van der Waals surface area (Å²) in [4.78, 5) is 31.8. The Labute approximate surface area is 129 Å². The minimum Gasteiger partial charge on any atom is -0.460 e. The Morgan fingerprint density at radius 2 is 1.86 bits per heavy atom. The zero-order valence-corrected chi connectivity index (χ0v) is 13.4. The van der Waals surface area contributed by atoms with E-state index in [2.05, 4.69) is 11.3 Å². The Kier molecular flexibility index (Phi) is 9.39. The molecule has 0 spiro atoms. The van der Waals surface area contributed by atoms with Crippen LogP contribution in [0.4, 0.5) is 4.79 Å². The van der Waals surface area contributed by atoms with Gasteiger partial charge in [-0.05, 0) is 27.2 Å². The van der Waals surface area contributed by atoms with Gasteiger partial charge in [0.1, 0.15) is 13.2 Å². The van der Waals surface area contributed by atoms with Gasteiger partial charge in [0.2, 0.25) is 6.29 Å². The summed E-state index contributed by atoms with van der Waals surface area (Å²) in [7, 11) is 0. The molecule has 0 heterocycles. The first-order valence-electron chi connectivity index (χ1n) is 6.82. The van der Waals surface area contributed by atoms with Gasteiger partial charge in [-0.3, -0.25) is 0 Å². The van der Waals surface area contributed by atoms with Crippen molar-refractivity contribution in [2.75, 3.05) is 19.8 Å². The molecule has 22 heavy (non-hydrogen) atoms. The normalized spacial score (nSPS) is 12.5. The fourth-order valence-electron chi connectivity index (χ4n) is 0.923. The molecule has 0 aromatic rings. The minimum atomic E-state index is -1.46. The van der Waals surface area contributed by atoms with E-state index in [-0.39, 0.29) is 25.4 Å². The van der Waals surface area contributed by atoms with Crippen molar-refractivity contribution in [3.63, 3.8) is 0 Å². The highest BCUT2D eigenvalue weighted by Crippen LogP contribution is 2.15. The average molecular weight is 320 g/mol. The van der Waals surface area contributed by atoms with Crippen molar-refractivity contribution in [2.24, 2.45) is 0 Å². The largest absolute Gasteiger partial charge is 0.505 e. The minimum absolute atomic E-state index is 0.0113. The lowest BCUT2D eigenvalue weighted by molar-refractivity contribution is -0.423. The average Bonchev–Trinajstić information content (AvgIpc) is 2.44. The molecule has 0 aliphatic rings. The van der Waals surface area contributed by atoms with Crippen LogP contribution in [0.25, 0.3) is 0 Å². The van der Waals surface area contributed by atoms with Gasteiger partial charge in [0, 0.05) is 5.57 Å². The number of carbonyl (C=O) groups is 2. The lowest BCUT2D eigenvalue weighted by atomic mass is 10.1. The predicted molar refractivity (Wildman–Crippen MR) is 76.0 cm³/mol. The molecule has 0 rings (SSSR count). The topological polar surface area (TPSA) is 101 Å². The van der Waals surface area contributed by atoms with Crippen LogP contribution >= 0.6 is 0 Å². The molecule has 0 aliphatic heterocycles. The fourth-order valence-corrected chi connectivity index (χ4v) is 0.923. The Bertz CT molecular complexity index is 377. The van der Waals surface area contributed by atoms with E-state index in [4.69, 9.17) is 24.4 Å². The van der Waals surface area contributed by atoms with E-state index in [0.717, 1.165) is 0 Å². The summed E-state index contributed by atoms with van der Waals surface area (Å²) >= 11 is 0. The highest BCUT2D eigenvalue weighted by atomic mass is 17.2. The molecule has 8 nitrogen and oxygen atoms in total. The summed E-state index contributed by atoms with van der Waals surface area (Å²) in [6.45, 7) is 10.1. The second kappa shape index (κ2) is 10.1. The first kappa shape index (κ1) is 20.4. The fraction of sp³-hybridized carbons (Fsp3) is 0.714. The molecule has 0 fully saturated rings. The van der Waals surface area contributed by atoms with Gasteiger partial charge in [0.25, 0.3) is 0 Å². The van der Waals surface area contributed by atoms with E-state index in [9.17, 15) is 9.59 Å². The standard InChI is InChI=1S/C14H24O8/c1-6-14(4,5)22-21-11(9-20-13(16)17)18-7-8-19-12(15)10(2)3/h11H,2,6-9H2,1,3-5H3,(H,16,17). The van der Waals surface area contributed by atoms with Crippen molar-refractivity contribution in [1.29, 1.82) is 0 Å². The van der Waals surface area contributed by atoms with Crippen molar-refractivity contribution in [2.45, 2.75) is 46.0 Å². The van der Waals surface area contributed by atoms with Crippen LogP contribution < -0.4 is 0 Å². The van der Waals surface area contributed by atoms with Gasteiger partial charge in [-0.2, -0.15) is 0 Å². The molecule has 128 valence electrons. The van der Waals surface area contributed by atoms with Crippen molar-refractivity contribution < 1.29 is 38.7 Å². The van der Waals surface area contributed by atoms with Crippen molar-refractivity contribution in [3.8, 4) is 0 Å².